The molecule has 0 aromatic carbocycles. The zero-order valence-corrected chi connectivity index (χ0v) is 13.1. The Bertz CT molecular complexity index is 800. The number of rotatable bonds is 3. The van der Waals surface area contributed by atoms with Crippen LogP contribution in [-0.4, -0.2) is 43.6 Å². The van der Waals surface area contributed by atoms with Crippen LogP contribution in [0.15, 0.2) is 30.9 Å². The first kappa shape index (κ1) is 14.2. The van der Waals surface area contributed by atoms with Gasteiger partial charge < -0.3 is 10.1 Å². The maximum Gasteiger partial charge on any atom is 0.234 e. The van der Waals surface area contributed by atoms with Crippen molar-refractivity contribution in [3.8, 4) is 17.1 Å². The Balaban J connectivity index is 1.57. The fourth-order valence-electron chi connectivity index (χ4n) is 2.91. The Morgan fingerprint density at radius 1 is 1.22 bits per heavy atom. The molecule has 7 nitrogen and oxygen atoms in total. The maximum absolute atomic E-state index is 6.05. The van der Waals surface area contributed by atoms with Gasteiger partial charge in [0.1, 0.15) is 6.10 Å². The summed E-state index contributed by atoms with van der Waals surface area (Å²) in [7, 11) is 1.89. The van der Waals surface area contributed by atoms with Gasteiger partial charge in [-0.25, -0.2) is 4.52 Å². The van der Waals surface area contributed by atoms with Gasteiger partial charge in [-0.05, 0) is 32.4 Å². The molecule has 7 heteroatoms. The van der Waals surface area contributed by atoms with Crippen LogP contribution < -0.4 is 10.1 Å². The highest BCUT2D eigenvalue weighted by Crippen LogP contribution is 2.21. The van der Waals surface area contributed by atoms with Gasteiger partial charge in [-0.1, -0.05) is 0 Å². The number of fused-ring (bicyclic) bond motifs is 1. The minimum atomic E-state index is 0.237. The van der Waals surface area contributed by atoms with Crippen LogP contribution in [0.5, 0.6) is 5.88 Å². The number of hydrogen-bond acceptors (Lipinski definition) is 5. The molecule has 120 valence electrons. The lowest BCUT2D eigenvalue weighted by molar-refractivity contribution is 0.179. The molecule has 1 aliphatic heterocycles. The van der Waals surface area contributed by atoms with Gasteiger partial charge in [-0.2, -0.15) is 5.10 Å². The van der Waals surface area contributed by atoms with Crippen molar-refractivity contribution in [3.63, 3.8) is 0 Å². The fourth-order valence-corrected chi connectivity index (χ4v) is 2.91. The van der Waals surface area contributed by atoms with E-state index in [4.69, 9.17) is 4.74 Å². The van der Waals surface area contributed by atoms with Crippen LogP contribution in [-0.2, 0) is 7.05 Å². The molecule has 3 aromatic rings. The number of nitrogens with zero attached hydrogens (tertiary/aromatic N) is 5. The topological polar surface area (TPSA) is 69.3 Å². The highest BCUT2D eigenvalue weighted by Gasteiger charge is 2.15. The molecule has 4 rings (SSSR count). The summed E-state index contributed by atoms with van der Waals surface area (Å²) in [5.74, 6) is 0.669. The highest BCUT2D eigenvalue weighted by molar-refractivity contribution is 5.59. The summed E-state index contributed by atoms with van der Waals surface area (Å²) in [6.45, 7) is 2.08. The van der Waals surface area contributed by atoms with Gasteiger partial charge in [0.2, 0.25) is 5.88 Å². The van der Waals surface area contributed by atoms with E-state index in [-0.39, 0.29) is 6.10 Å². The molecule has 1 atom stereocenters. The van der Waals surface area contributed by atoms with E-state index in [0.717, 1.165) is 49.1 Å². The molecule has 4 heterocycles. The molecule has 0 aliphatic carbocycles. The second kappa shape index (κ2) is 6.00. The largest absolute Gasteiger partial charge is 0.473 e. The van der Waals surface area contributed by atoms with Gasteiger partial charge in [0.25, 0.3) is 0 Å². The standard InChI is InChI=1S/C16H20N6O/c1-21-10-12(8-19-21)15-11-22-13(9-18-15)7-16(20-22)23-14-3-2-5-17-6-4-14/h7-11,14,17H,2-6H2,1H3/t14-/m1/s1. The van der Waals surface area contributed by atoms with Crippen molar-refractivity contribution in [1.82, 2.24) is 29.7 Å². The number of aromatic nitrogens is 5. The minimum Gasteiger partial charge on any atom is -0.473 e. The van der Waals surface area contributed by atoms with Crippen molar-refractivity contribution in [2.75, 3.05) is 13.1 Å². The maximum atomic E-state index is 6.05. The van der Waals surface area contributed by atoms with Crippen LogP contribution in [0.2, 0.25) is 0 Å². The van der Waals surface area contributed by atoms with Crippen molar-refractivity contribution < 1.29 is 4.74 Å². The fraction of sp³-hybridized carbons (Fsp3) is 0.438. The Kier molecular flexibility index (Phi) is 3.70. The van der Waals surface area contributed by atoms with E-state index in [1.807, 2.05) is 36.2 Å². The first-order valence-corrected chi connectivity index (χ1v) is 8.00. The summed E-state index contributed by atoms with van der Waals surface area (Å²) in [6, 6.07) is 1.94. The Labute approximate surface area is 134 Å². The molecule has 1 aliphatic rings. The zero-order valence-electron chi connectivity index (χ0n) is 13.1. The predicted octanol–water partition coefficient (Wildman–Crippen LogP) is 1.65. The van der Waals surface area contributed by atoms with Gasteiger partial charge in [-0.15, -0.1) is 5.10 Å². The third kappa shape index (κ3) is 3.05. The molecule has 0 saturated carbocycles. The van der Waals surface area contributed by atoms with Gasteiger partial charge in [0.15, 0.2) is 0 Å². The van der Waals surface area contributed by atoms with Crippen molar-refractivity contribution in [1.29, 1.82) is 0 Å². The molecular weight excluding hydrogens is 292 g/mol. The summed E-state index contributed by atoms with van der Waals surface area (Å²) < 4.78 is 9.64. The molecule has 0 radical (unpaired) electrons. The van der Waals surface area contributed by atoms with Gasteiger partial charge >= 0.3 is 0 Å². The van der Waals surface area contributed by atoms with E-state index in [9.17, 15) is 0 Å². The molecule has 0 spiro atoms. The normalized spacial score (nSPS) is 18.9. The summed E-state index contributed by atoms with van der Waals surface area (Å²) in [4.78, 5) is 4.49. The summed E-state index contributed by atoms with van der Waals surface area (Å²) in [5, 5.41) is 12.1. The molecule has 3 aromatic heterocycles. The van der Waals surface area contributed by atoms with Crippen molar-refractivity contribution in [3.05, 3.63) is 30.9 Å². The van der Waals surface area contributed by atoms with Crippen molar-refractivity contribution in [2.45, 2.75) is 25.4 Å². The smallest absolute Gasteiger partial charge is 0.234 e. The number of ether oxygens (including phenoxy) is 1. The summed E-state index contributed by atoms with van der Waals surface area (Å²) in [5.41, 5.74) is 2.75. The van der Waals surface area contributed by atoms with Crippen LogP contribution in [0.4, 0.5) is 0 Å². The third-order valence-electron chi connectivity index (χ3n) is 4.13. The van der Waals surface area contributed by atoms with E-state index in [2.05, 4.69) is 20.5 Å². The molecular formula is C16H20N6O. The summed E-state index contributed by atoms with van der Waals surface area (Å²) in [6.07, 6.45) is 10.9. The molecule has 0 unspecified atom stereocenters. The third-order valence-corrected chi connectivity index (χ3v) is 4.13. The van der Waals surface area contributed by atoms with E-state index in [1.54, 1.807) is 10.9 Å². The molecule has 0 bridgehead atoms. The first-order valence-electron chi connectivity index (χ1n) is 8.00. The molecule has 1 saturated heterocycles. The van der Waals surface area contributed by atoms with Crippen LogP contribution in [0.25, 0.3) is 16.8 Å². The number of aryl methyl sites for hydroxylation is 1. The minimum absolute atomic E-state index is 0.237. The van der Waals surface area contributed by atoms with Crippen LogP contribution in [0.3, 0.4) is 0 Å². The monoisotopic (exact) mass is 312 g/mol. The second-order valence-corrected chi connectivity index (χ2v) is 5.95. The molecule has 23 heavy (non-hydrogen) atoms. The lowest BCUT2D eigenvalue weighted by Crippen LogP contribution is -2.19. The molecule has 0 amide bonds. The second-order valence-electron chi connectivity index (χ2n) is 5.95. The zero-order chi connectivity index (χ0) is 15.6. The first-order chi connectivity index (χ1) is 11.3. The van der Waals surface area contributed by atoms with E-state index < -0.39 is 0 Å². The number of hydrogen-bond donors (Lipinski definition) is 1. The Hall–Kier alpha value is -2.41. The van der Waals surface area contributed by atoms with Crippen LogP contribution >= 0.6 is 0 Å². The van der Waals surface area contributed by atoms with Crippen LogP contribution in [0.1, 0.15) is 19.3 Å². The quantitative estimate of drug-likeness (QED) is 0.796. The Morgan fingerprint density at radius 3 is 3.04 bits per heavy atom. The Morgan fingerprint density at radius 2 is 2.17 bits per heavy atom. The van der Waals surface area contributed by atoms with E-state index >= 15 is 0 Å². The average Bonchev–Trinajstić information content (AvgIpc) is 3.06. The predicted molar refractivity (Wildman–Crippen MR) is 86.3 cm³/mol. The molecule has 1 fully saturated rings. The molecule has 1 N–H and O–H groups in total. The SMILES string of the molecule is Cn1cc(-c2cn3nc(O[C@@H]4CCCNCC4)cc3cn2)cn1. The van der Waals surface area contributed by atoms with Crippen LogP contribution in [0, 0.1) is 0 Å². The van der Waals surface area contributed by atoms with Gasteiger partial charge in [-0.3, -0.25) is 9.67 Å². The highest BCUT2D eigenvalue weighted by atomic mass is 16.5. The van der Waals surface area contributed by atoms with Crippen molar-refractivity contribution >= 4 is 5.52 Å². The average molecular weight is 312 g/mol. The van der Waals surface area contributed by atoms with Crippen molar-refractivity contribution in [2.24, 2.45) is 7.05 Å². The number of nitrogens with one attached hydrogen (secondary N) is 1. The lowest BCUT2D eigenvalue weighted by atomic mass is 10.2. The van der Waals surface area contributed by atoms with Gasteiger partial charge in [0.05, 0.1) is 29.8 Å². The lowest BCUT2D eigenvalue weighted by Gasteiger charge is -2.13. The summed E-state index contributed by atoms with van der Waals surface area (Å²) >= 11 is 0. The van der Waals surface area contributed by atoms with E-state index in [0.29, 0.717) is 5.88 Å². The van der Waals surface area contributed by atoms with Gasteiger partial charge in [0, 0.05) is 24.9 Å². The van der Waals surface area contributed by atoms with E-state index in [1.165, 1.54) is 0 Å².